The average molecular weight is 407 g/mol. The molecule has 0 saturated carbocycles. The van der Waals surface area contributed by atoms with Crippen molar-refractivity contribution in [2.45, 2.75) is 0 Å². The Bertz CT molecular complexity index is 926. The Hall–Kier alpha value is -2.25. The fraction of sp³-hybridized carbons (Fsp3) is 0.0588. The summed E-state index contributed by atoms with van der Waals surface area (Å²) in [6.45, 7) is -0.170. The van der Waals surface area contributed by atoms with Crippen LogP contribution in [0.3, 0.4) is 0 Å². The number of halogens is 2. The molecule has 0 aliphatic carbocycles. The second kappa shape index (κ2) is 7.11. The molecule has 122 valence electrons. The number of hydrogen-bond donors (Lipinski definition) is 2. The van der Waals surface area contributed by atoms with Crippen molar-refractivity contribution in [3.05, 3.63) is 63.7 Å². The lowest BCUT2D eigenvalue weighted by molar-refractivity contribution is -0.115. The van der Waals surface area contributed by atoms with E-state index in [1.165, 1.54) is 23.5 Å². The van der Waals surface area contributed by atoms with Gasteiger partial charge in [-0.3, -0.25) is 9.59 Å². The Labute approximate surface area is 149 Å². The molecule has 2 aromatic carbocycles. The van der Waals surface area contributed by atoms with Gasteiger partial charge in [0.2, 0.25) is 5.91 Å². The first-order valence-corrected chi connectivity index (χ1v) is 8.66. The molecule has 1 heterocycles. The van der Waals surface area contributed by atoms with Gasteiger partial charge in [-0.25, -0.2) is 4.39 Å². The Balaban J connectivity index is 1.63. The van der Waals surface area contributed by atoms with Gasteiger partial charge in [0.25, 0.3) is 5.91 Å². The van der Waals surface area contributed by atoms with Gasteiger partial charge in [0.15, 0.2) is 0 Å². The number of rotatable bonds is 4. The van der Waals surface area contributed by atoms with E-state index in [0.29, 0.717) is 20.7 Å². The fourth-order valence-corrected chi connectivity index (χ4v) is 3.52. The van der Waals surface area contributed by atoms with Gasteiger partial charge >= 0.3 is 0 Å². The average Bonchev–Trinajstić information content (AvgIpc) is 3.00. The predicted molar refractivity (Wildman–Crippen MR) is 96.9 cm³/mol. The summed E-state index contributed by atoms with van der Waals surface area (Å²) in [5.41, 5.74) is 0.626. The topological polar surface area (TPSA) is 58.2 Å². The van der Waals surface area contributed by atoms with Crippen LogP contribution < -0.4 is 10.6 Å². The zero-order chi connectivity index (χ0) is 17.1. The largest absolute Gasteiger partial charge is 0.342 e. The number of amides is 2. The summed E-state index contributed by atoms with van der Waals surface area (Å²) in [5.74, 6) is -1.12. The minimum absolute atomic E-state index is 0.170. The van der Waals surface area contributed by atoms with Crippen LogP contribution in [-0.2, 0) is 4.79 Å². The molecule has 3 aromatic rings. The van der Waals surface area contributed by atoms with Crippen LogP contribution in [0, 0.1) is 5.82 Å². The number of para-hydroxylation sites is 1. The van der Waals surface area contributed by atoms with Gasteiger partial charge in [-0.15, -0.1) is 11.3 Å². The van der Waals surface area contributed by atoms with Gasteiger partial charge < -0.3 is 10.6 Å². The molecular weight excluding hydrogens is 395 g/mol. The normalized spacial score (nSPS) is 10.6. The van der Waals surface area contributed by atoms with E-state index >= 15 is 0 Å². The predicted octanol–water partition coefficient (Wildman–Crippen LogP) is 4.17. The number of nitrogens with one attached hydrogen (secondary N) is 2. The van der Waals surface area contributed by atoms with Crippen molar-refractivity contribution in [3.63, 3.8) is 0 Å². The van der Waals surface area contributed by atoms with Gasteiger partial charge in [0, 0.05) is 14.6 Å². The third-order valence-corrected chi connectivity index (χ3v) is 5.08. The molecule has 0 spiro atoms. The highest BCUT2D eigenvalue weighted by Crippen LogP contribution is 2.27. The number of fused-ring (bicyclic) bond motifs is 1. The third-order valence-electron chi connectivity index (χ3n) is 3.29. The number of carbonyl (C=O) groups is 2. The highest BCUT2D eigenvalue weighted by molar-refractivity contribution is 9.10. The molecule has 0 fully saturated rings. The molecule has 7 heteroatoms. The van der Waals surface area contributed by atoms with Crippen LogP contribution in [0.15, 0.2) is 53.0 Å². The second-order valence-electron chi connectivity index (χ2n) is 4.97. The summed E-state index contributed by atoms with van der Waals surface area (Å²) in [6.07, 6.45) is 0. The van der Waals surface area contributed by atoms with Crippen molar-refractivity contribution in [1.82, 2.24) is 5.32 Å². The van der Waals surface area contributed by atoms with E-state index in [4.69, 9.17) is 0 Å². The molecule has 3 rings (SSSR count). The van der Waals surface area contributed by atoms with E-state index < -0.39 is 5.91 Å². The monoisotopic (exact) mass is 406 g/mol. The molecule has 2 amide bonds. The summed E-state index contributed by atoms with van der Waals surface area (Å²) in [6, 6.07) is 13.4. The highest BCUT2D eigenvalue weighted by atomic mass is 79.9. The first-order valence-electron chi connectivity index (χ1n) is 7.05. The zero-order valence-corrected chi connectivity index (χ0v) is 14.7. The molecule has 0 atom stereocenters. The number of carbonyl (C=O) groups excluding carboxylic acids is 2. The van der Waals surface area contributed by atoms with Gasteiger partial charge in [-0.2, -0.15) is 0 Å². The lowest BCUT2D eigenvalue weighted by Crippen LogP contribution is -2.32. The van der Waals surface area contributed by atoms with E-state index in [9.17, 15) is 14.0 Å². The smallest absolute Gasteiger partial charge is 0.261 e. The molecule has 0 aliphatic heterocycles. The van der Waals surface area contributed by atoms with Crippen LogP contribution in [0.2, 0.25) is 0 Å². The van der Waals surface area contributed by atoms with Crippen molar-refractivity contribution in [1.29, 1.82) is 0 Å². The minimum Gasteiger partial charge on any atom is -0.342 e. The summed E-state index contributed by atoms with van der Waals surface area (Å²) in [4.78, 5) is 24.4. The number of benzene rings is 2. The third kappa shape index (κ3) is 3.63. The van der Waals surface area contributed by atoms with E-state index in [1.54, 1.807) is 30.3 Å². The van der Waals surface area contributed by atoms with Crippen LogP contribution in [0.5, 0.6) is 0 Å². The van der Waals surface area contributed by atoms with Crippen molar-refractivity contribution in [2.75, 3.05) is 11.9 Å². The first kappa shape index (κ1) is 16.6. The van der Waals surface area contributed by atoms with Gasteiger partial charge in [0.05, 0.1) is 17.1 Å². The van der Waals surface area contributed by atoms with Gasteiger partial charge in [0.1, 0.15) is 5.82 Å². The maximum atomic E-state index is 13.7. The molecule has 0 radical (unpaired) electrons. The van der Waals surface area contributed by atoms with Gasteiger partial charge in [-0.05, 0) is 46.3 Å². The molecule has 24 heavy (non-hydrogen) atoms. The van der Waals surface area contributed by atoms with Crippen LogP contribution in [0.25, 0.3) is 10.1 Å². The molecule has 1 aromatic heterocycles. The quantitative estimate of drug-likeness (QED) is 0.682. The van der Waals surface area contributed by atoms with Crippen molar-refractivity contribution in [3.8, 4) is 0 Å². The Morgan fingerprint density at radius 3 is 2.67 bits per heavy atom. The summed E-state index contributed by atoms with van der Waals surface area (Å²) >= 11 is 4.52. The van der Waals surface area contributed by atoms with Crippen LogP contribution in [0.1, 0.15) is 9.67 Å². The molecule has 0 aliphatic rings. The minimum atomic E-state index is -0.405. The summed E-state index contributed by atoms with van der Waals surface area (Å²) in [5, 5.41) is 5.64. The van der Waals surface area contributed by atoms with E-state index in [1.807, 2.05) is 6.07 Å². The standard InChI is InChI=1S/C17H12BrFN2O2S/c18-11-4-1-2-6-13(11)21-16(22)9-20-17(23)15-8-10-12(19)5-3-7-14(10)24-15/h1-8H,9H2,(H,20,23)(H,21,22). The first-order chi connectivity index (χ1) is 11.5. The van der Waals surface area contributed by atoms with E-state index in [0.717, 1.165) is 4.47 Å². The molecule has 0 bridgehead atoms. The Morgan fingerprint density at radius 1 is 1.12 bits per heavy atom. The van der Waals surface area contributed by atoms with Crippen molar-refractivity contribution in [2.24, 2.45) is 0 Å². The van der Waals surface area contributed by atoms with Crippen LogP contribution in [0.4, 0.5) is 10.1 Å². The maximum Gasteiger partial charge on any atom is 0.261 e. The van der Waals surface area contributed by atoms with Crippen LogP contribution >= 0.6 is 27.3 Å². The molecule has 4 nitrogen and oxygen atoms in total. The SMILES string of the molecule is O=C(CNC(=O)c1cc2c(F)cccc2s1)Nc1ccccc1Br. The number of anilines is 1. The van der Waals surface area contributed by atoms with Crippen molar-refractivity contribution >= 4 is 54.9 Å². The Kier molecular flexibility index (Phi) is 4.92. The Morgan fingerprint density at radius 2 is 1.92 bits per heavy atom. The van der Waals surface area contributed by atoms with Crippen molar-refractivity contribution < 1.29 is 14.0 Å². The molecule has 0 saturated heterocycles. The number of hydrogen-bond acceptors (Lipinski definition) is 3. The zero-order valence-electron chi connectivity index (χ0n) is 12.3. The van der Waals surface area contributed by atoms with Gasteiger partial charge in [-0.1, -0.05) is 18.2 Å². The second-order valence-corrected chi connectivity index (χ2v) is 6.91. The van der Waals surface area contributed by atoms with Crippen LogP contribution in [-0.4, -0.2) is 18.4 Å². The molecular formula is C17H12BrFN2O2S. The highest BCUT2D eigenvalue weighted by Gasteiger charge is 2.13. The molecule has 0 unspecified atom stereocenters. The fourth-order valence-electron chi connectivity index (χ4n) is 2.14. The maximum absolute atomic E-state index is 13.7. The lowest BCUT2D eigenvalue weighted by atomic mass is 10.2. The molecule has 2 N–H and O–H groups in total. The van der Waals surface area contributed by atoms with E-state index in [2.05, 4.69) is 26.6 Å². The summed E-state index contributed by atoms with van der Waals surface area (Å²) < 4.78 is 15.1. The lowest BCUT2D eigenvalue weighted by Gasteiger charge is -2.07. The summed E-state index contributed by atoms with van der Waals surface area (Å²) in [7, 11) is 0. The van der Waals surface area contributed by atoms with E-state index in [-0.39, 0.29) is 18.3 Å². The number of thiophene rings is 1.